The topological polar surface area (TPSA) is 74.8 Å². The van der Waals surface area contributed by atoms with Crippen LogP contribution in [0.2, 0.25) is 0 Å². The lowest BCUT2D eigenvalue weighted by atomic mass is 10.0. The first-order chi connectivity index (χ1) is 13.0. The molecular weight excluding hydrogens is 359 g/mol. The van der Waals surface area contributed by atoms with Crippen LogP contribution in [0.25, 0.3) is 11.4 Å². The zero-order valence-electron chi connectivity index (χ0n) is 14.0. The van der Waals surface area contributed by atoms with E-state index in [-0.39, 0.29) is 24.2 Å². The molecule has 0 radical (unpaired) electrons. The third-order valence-corrected chi connectivity index (χ3v) is 4.51. The fraction of sp³-hybridized carbons (Fsp3) is 0.222. The molecule has 0 aliphatic carbocycles. The summed E-state index contributed by atoms with van der Waals surface area (Å²) in [5.74, 6) is -2.77. The highest BCUT2D eigenvalue weighted by atomic mass is 19.2. The molecule has 0 saturated carbocycles. The molecule has 138 valence electrons. The van der Waals surface area contributed by atoms with E-state index >= 15 is 0 Å². The fourth-order valence-electron chi connectivity index (χ4n) is 3.12. The van der Waals surface area contributed by atoms with Gasteiger partial charge < -0.3 is 4.98 Å². The van der Waals surface area contributed by atoms with E-state index in [1.165, 1.54) is 18.7 Å². The molecule has 0 spiro atoms. The van der Waals surface area contributed by atoms with Gasteiger partial charge in [0.25, 0.3) is 5.56 Å². The molecule has 3 aromatic rings. The average Bonchev–Trinajstić information content (AvgIpc) is 2.68. The number of fused-ring (bicyclic) bond motifs is 1. The summed E-state index contributed by atoms with van der Waals surface area (Å²) < 4.78 is 41.3. The van der Waals surface area contributed by atoms with Crippen molar-refractivity contribution in [3.05, 3.63) is 75.5 Å². The van der Waals surface area contributed by atoms with E-state index in [9.17, 15) is 18.0 Å². The Kier molecular flexibility index (Phi) is 4.44. The van der Waals surface area contributed by atoms with Gasteiger partial charge in [0.15, 0.2) is 11.6 Å². The van der Waals surface area contributed by atoms with Crippen LogP contribution in [0.3, 0.4) is 0 Å². The second-order valence-electron chi connectivity index (χ2n) is 6.25. The van der Waals surface area contributed by atoms with E-state index in [2.05, 4.69) is 19.9 Å². The average molecular weight is 373 g/mol. The molecule has 0 amide bonds. The summed E-state index contributed by atoms with van der Waals surface area (Å²) in [6.45, 7) is 0.503. The Labute approximate surface area is 151 Å². The molecule has 0 unspecified atom stereocenters. The molecule has 0 fully saturated rings. The van der Waals surface area contributed by atoms with Crippen LogP contribution in [0.4, 0.5) is 13.2 Å². The molecule has 0 bridgehead atoms. The number of rotatable bonds is 3. The summed E-state index contributed by atoms with van der Waals surface area (Å²) in [6.07, 6.45) is 4.79. The van der Waals surface area contributed by atoms with Crippen LogP contribution in [0.15, 0.2) is 35.6 Å². The van der Waals surface area contributed by atoms with Crippen molar-refractivity contribution in [1.29, 1.82) is 0 Å². The molecule has 4 rings (SSSR count). The van der Waals surface area contributed by atoms with Crippen molar-refractivity contribution >= 4 is 0 Å². The van der Waals surface area contributed by atoms with Gasteiger partial charge in [-0.3, -0.25) is 9.69 Å². The van der Waals surface area contributed by atoms with Gasteiger partial charge in [-0.05, 0) is 18.6 Å². The van der Waals surface area contributed by atoms with E-state index in [0.717, 1.165) is 12.1 Å². The summed E-state index contributed by atoms with van der Waals surface area (Å²) in [6, 6.07) is 1.66. The van der Waals surface area contributed by atoms with Crippen molar-refractivity contribution in [3.8, 4) is 11.4 Å². The van der Waals surface area contributed by atoms with Crippen molar-refractivity contribution in [3.63, 3.8) is 0 Å². The first-order valence-corrected chi connectivity index (χ1v) is 8.25. The Morgan fingerprint density at radius 3 is 2.63 bits per heavy atom. The van der Waals surface area contributed by atoms with E-state index in [1.807, 2.05) is 0 Å². The first-order valence-electron chi connectivity index (χ1n) is 8.25. The summed E-state index contributed by atoms with van der Waals surface area (Å²) in [7, 11) is 0. The highest BCUT2D eigenvalue weighted by Crippen LogP contribution is 2.22. The Bertz CT molecular complexity index is 1050. The molecule has 1 aliphatic heterocycles. The predicted molar refractivity (Wildman–Crippen MR) is 90.0 cm³/mol. The van der Waals surface area contributed by atoms with Gasteiger partial charge in [0, 0.05) is 43.2 Å². The van der Waals surface area contributed by atoms with Crippen LogP contribution in [0, 0.1) is 17.5 Å². The van der Waals surface area contributed by atoms with Crippen molar-refractivity contribution in [2.45, 2.75) is 19.5 Å². The molecule has 1 N–H and O–H groups in total. The van der Waals surface area contributed by atoms with Gasteiger partial charge in [0.2, 0.25) is 0 Å². The van der Waals surface area contributed by atoms with Gasteiger partial charge in [-0.25, -0.2) is 28.1 Å². The van der Waals surface area contributed by atoms with E-state index in [0.29, 0.717) is 35.6 Å². The Morgan fingerprint density at radius 2 is 1.85 bits per heavy atom. The van der Waals surface area contributed by atoms with Crippen LogP contribution in [0.5, 0.6) is 0 Å². The van der Waals surface area contributed by atoms with Crippen molar-refractivity contribution in [1.82, 2.24) is 24.8 Å². The number of nitrogens with one attached hydrogen (secondary N) is 1. The van der Waals surface area contributed by atoms with E-state index in [1.54, 1.807) is 4.90 Å². The second-order valence-corrected chi connectivity index (χ2v) is 6.25. The zero-order valence-corrected chi connectivity index (χ0v) is 14.0. The highest BCUT2D eigenvalue weighted by Gasteiger charge is 2.24. The molecule has 6 nitrogen and oxygen atoms in total. The molecular formula is C18H14F3N5O. The van der Waals surface area contributed by atoms with Crippen LogP contribution in [-0.4, -0.2) is 31.4 Å². The van der Waals surface area contributed by atoms with Gasteiger partial charge in [-0.15, -0.1) is 0 Å². The largest absolute Gasteiger partial charge is 0.306 e. The summed E-state index contributed by atoms with van der Waals surface area (Å²) in [4.78, 5) is 29.0. The minimum absolute atomic E-state index is 0.118. The molecule has 2 aromatic heterocycles. The van der Waals surface area contributed by atoms with Crippen molar-refractivity contribution < 1.29 is 13.2 Å². The monoisotopic (exact) mass is 373 g/mol. The van der Waals surface area contributed by atoms with Gasteiger partial charge >= 0.3 is 0 Å². The van der Waals surface area contributed by atoms with E-state index in [4.69, 9.17) is 0 Å². The molecule has 1 aromatic carbocycles. The quantitative estimate of drug-likeness (QED) is 0.713. The van der Waals surface area contributed by atoms with Gasteiger partial charge in [0.05, 0.1) is 11.3 Å². The Morgan fingerprint density at radius 1 is 1.11 bits per heavy atom. The van der Waals surface area contributed by atoms with Crippen LogP contribution >= 0.6 is 0 Å². The lowest BCUT2D eigenvalue weighted by molar-refractivity contribution is 0.232. The third kappa shape index (κ3) is 3.33. The molecule has 1 aliphatic rings. The maximum Gasteiger partial charge on any atom is 0.254 e. The fourth-order valence-corrected chi connectivity index (χ4v) is 3.12. The van der Waals surface area contributed by atoms with Crippen LogP contribution in [-0.2, 0) is 19.5 Å². The Hall–Kier alpha value is -3.07. The van der Waals surface area contributed by atoms with Gasteiger partial charge in [0.1, 0.15) is 18.0 Å². The number of aromatic nitrogens is 4. The number of H-pyrrole nitrogens is 1. The maximum absolute atomic E-state index is 13.9. The summed E-state index contributed by atoms with van der Waals surface area (Å²) in [5.41, 5.74) is 1.01. The van der Waals surface area contributed by atoms with Crippen molar-refractivity contribution in [2.24, 2.45) is 0 Å². The molecule has 9 heteroatoms. The number of hydrogen-bond donors (Lipinski definition) is 1. The number of benzene rings is 1. The van der Waals surface area contributed by atoms with Crippen molar-refractivity contribution in [2.75, 3.05) is 6.54 Å². The van der Waals surface area contributed by atoms with Gasteiger partial charge in [-0.2, -0.15) is 0 Å². The lowest BCUT2D eigenvalue weighted by Gasteiger charge is -2.28. The predicted octanol–water partition coefficient (Wildman–Crippen LogP) is 2.20. The first kappa shape index (κ1) is 17.3. The summed E-state index contributed by atoms with van der Waals surface area (Å²) in [5, 5.41) is 0. The zero-order chi connectivity index (χ0) is 19.0. The van der Waals surface area contributed by atoms with Crippen LogP contribution < -0.4 is 5.56 Å². The lowest BCUT2D eigenvalue weighted by Crippen LogP contribution is -2.35. The molecule has 0 atom stereocenters. The SMILES string of the molecule is O=c1[nH]c(-c2cncnc2)nc2c1CCN(Cc1c(F)ccc(F)c1F)C2. The number of nitrogens with zero attached hydrogens (tertiary/aromatic N) is 4. The number of halogens is 3. The highest BCUT2D eigenvalue weighted by molar-refractivity contribution is 5.52. The van der Waals surface area contributed by atoms with Crippen LogP contribution in [0.1, 0.15) is 16.8 Å². The molecule has 3 heterocycles. The minimum atomic E-state index is -1.19. The maximum atomic E-state index is 13.9. The van der Waals surface area contributed by atoms with E-state index < -0.39 is 17.5 Å². The standard InChI is InChI=1S/C18H14F3N5O/c19-13-1-2-14(20)16(21)12(13)7-26-4-3-11-15(8-26)24-17(25-18(11)27)10-5-22-9-23-6-10/h1-2,5-6,9H,3-4,7-8H2,(H,24,25,27). The second kappa shape index (κ2) is 6.92. The van der Waals surface area contributed by atoms with Gasteiger partial charge in [-0.1, -0.05) is 0 Å². The normalized spacial score (nSPS) is 14.2. The Balaban J connectivity index is 1.64. The number of aromatic amines is 1. The molecule has 0 saturated heterocycles. The number of hydrogen-bond acceptors (Lipinski definition) is 5. The summed E-state index contributed by atoms with van der Waals surface area (Å²) >= 11 is 0. The minimum Gasteiger partial charge on any atom is -0.306 e. The molecule has 27 heavy (non-hydrogen) atoms. The smallest absolute Gasteiger partial charge is 0.254 e. The third-order valence-electron chi connectivity index (χ3n) is 4.51.